The fourth-order valence-electron chi connectivity index (χ4n) is 1.75. The van der Waals surface area contributed by atoms with Crippen LogP contribution in [0.2, 0.25) is 0 Å². The van der Waals surface area contributed by atoms with E-state index in [1.165, 1.54) is 5.56 Å². The lowest BCUT2D eigenvalue weighted by atomic mass is 10.1. The highest BCUT2D eigenvalue weighted by atomic mass is 79.9. The molecule has 1 N–H and O–H groups in total. The van der Waals surface area contributed by atoms with Crippen molar-refractivity contribution in [3.05, 3.63) is 52.4 Å². The van der Waals surface area contributed by atoms with Gasteiger partial charge in [-0.05, 0) is 37.5 Å². The van der Waals surface area contributed by atoms with E-state index in [1.54, 1.807) is 12.4 Å². The molecule has 4 heteroatoms. The Balaban J connectivity index is 1.76. The monoisotopic (exact) mass is 305 g/mol. The number of hydrogen-bond donors (Lipinski definition) is 1. The second-order valence-electron chi connectivity index (χ2n) is 4.21. The molecule has 0 saturated heterocycles. The predicted octanol–water partition coefficient (Wildman–Crippen LogP) is 3.59. The molecule has 18 heavy (non-hydrogen) atoms. The van der Waals surface area contributed by atoms with E-state index in [0.717, 1.165) is 35.4 Å². The van der Waals surface area contributed by atoms with Crippen molar-refractivity contribution >= 4 is 21.7 Å². The summed E-state index contributed by atoms with van der Waals surface area (Å²) in [6.07, 6.45) is 5.65. The average molecular weight is 306 g/mol. The molecule has 0 spiro atoms. The zero-order chi connectivity index (χ0) is 12.8. The van der Waals surface area contributed by atoms with Gasteiger partial charge in [0.05, 0.1) is 11.9 Å². The van der Waals surface area contributed by atoms with Gasteiger partial charge in [0.1, 0.15) is 5.82 Å². The molecule has 0 saturated carbocycles. The molecule has 1 aromatic heterocycles. The lowest BCUT2D eigenvalue weighted by Gasteiger charge is -2.06. The van der Waals surface area contributed by atoms with Gasteiger partial charge < -0.3 is 5.32 Å². The van der Waals surface area contributed by atoms with Gasteiger partial charge in [0.25, 0.3) is 0 Å². The van der Waals surface area contributed by atoms with Crippen LogP contribution < -0.4 is 5.32 Å². The largest absolute Gasteiger partial charge is 0.369 e. The lowest BCUT2D eigenvalue weighted by molar-refractivity contribution is 0.856. The van der Waals surface area contributed by atoms with Crippen molar-refractivity contribution < 1.29 is 0 Å². The van der Waals surface area contributed by atoms with Gasteiger partial charge in [-0.3, -0.25) is 4.98 Å². The van der Waals surface area contributed by atoms with Crippen LogP contribution in [0.4, 0.5) is 5.82 Å². The van der Waals surface area contributed by atoms with Crippen molar-refractivity contribution in [1.29, 1.82) is 0 Å². The van der Waals surface area contributed by atoms with Gasteiger partial charge in [-0.25, -0.2) is 4.98 Å². The third-order valence-corrected chi connectivity index (χ3v) is 3.09. The van der Waals surface area contributed by atoms with Gasteiger partial charge >= 0.3 is 0 Å². The summed E-state index contributed by atoms with van der Waals surface area (Å²) in [7, 11) is 0. The normalized spacial score (nSPS) is 10.3. The molecule has 0 amide bonds. The Bertz CT molecular complexity index is 466. The van der Waals surface area contributed by atoms with Crippen LogP contribution in [0, 0.1) is 6.92 Å². The Morgan fingerprint density at radius 1 is 1.28 bits per heavy atom. The molecule has 0 aliphatic carbocycles. The number of aromatic nitrogens is 2. The number of anilines is 1. The maximum Gasteiger partial charge on any atom is 0.144 e. The summed E-state index contributed by atoms with van der Waals surface area (Å²) >= 11 is 3.48. The average Bonchev–Trinajstić information content (AvgIpc) is 2.35. The Morgan fingerprint density at radius 2 is 2.17 bits per heavy atom. The number of rotatable bonds is 5. The minimum Gasteiger partial charge on any atom is -0.369 e. The van der Waals surface area contributed by atoms with Crippen LogP contribution in [0.1, 0.15) is 17.7 Å². The van der Waals surface area contributed by atoms with Crippen LogP contribution >= 0.6 is 15.9 Å². The Kier molecular flexibility index (Phi) is 4.70. The van der Waals surface area contributed by atoms with Gasteiger partial charge in [-0.15, -0.1) is 0 Å². The highest BCUT2D eigenvalue weighted by Gasteiger charge is 1.96. The summed E-state index contributed by atoms with van der Waals surface area (Å²) in [6.45, 7) is 2.85. The first-order valence-electron chi connectivity index (χ1n) is 6.01. The van der Waals surface area contributed by atoms with Crippen LogP contribution in [0.3, 0.4) is 0 Å². The third-order valence-electron chi connectivity index (χ3n) is 2.59. The smallest absolute Gasteiger partial charge is 0.144 e. The Hall–Kier alpha value is -1.42. The van der Waals surface area contributed by atoms with Crippen molar-refractivity contribution in [1.82, 2.24) is 9.97 Å². The SMILES string of the molecule is Cc1cncc(NCCCc2cccc(Br)c2)n1. The zero-order valence-corrected chi connectivity index (χ0v) is 11.9. The summed E-state index contributed by atoms with van der Waals surface area (Å²) < 4.78 is 1.14. The Labute approximate surface area is 116 Å². The molecule has 0 aliphatic heterocycles. The second kappa shape index (κ2) is 6.50. The van der Waals surface area contributed by atoms with Gasteiger partial charge in [-0.1, -0.05) is 28.1 Å². The summed E-state index contributed by atoms with van der Waals surface area (Å²) in [5.74, 6) is 0.851. The van der Waals surface area contributed by atoms with Gasteiger partial charge in [-0.2, -0.15) is 0 Å². The minimum atomic E-state index is 0.851. The van der Waals surface area contributed by atoms with Crippen LogP contribution in [-0.2, 0) is 6.42 Å². The molecular weight excluding hydrogens is 290 g/mol. The molecule has 0 bridgehead atoms. The number of benzene rings is 1. The summed E-state index contributed by atoms with van der Waals surface area (Å²) in [5.41, 5.74) is 2.29. The first-order chi connectivity index (χ1) is 8.74. The molecule has 0 radical (unpaired) electrons. The summed E-state index contributed by atoms with van der Waals surface area (Å²) in [4.78, 5) is 8.45. The highest BCUT2D eigenvalue weighted by Crippen LogP contribution is 2.13. The third kappa shape index (κ3) is 4.11. The minimum absolute atomic E-state index is 0.851. The maximum atomic E-state index is 4.35. The number of aryl methyl sites for hydroxylation is 2. The highest BCUT2D eigenvalue weighted by molar-refractivity contribution is 9.10. The molecule has 1 aromatic carbocycles. The van der Waals surface area contributed by atoms with E-state index in [1.807, 2.05) is 13.0 Å². The second-order valence-corrected chi connectivity index (χ2v) is 5.12. The van der Waals surface area contributed by atoms with Crippen molar-refractivity contribution in [3.63, 3.8) is 0 Å². The number of nitrogens with one attached hydrogen (secondary N) is 1. The van der Waals surface area contributed by atoms with Gasteiger partial charge in [0, 0.05) is 17.2 Å². The first-order valence-corrected chi connectivity index (χ1v) is 6.80. The van der Waals surface area contributed by atoms with Gasteiger partial charge in [0.15, 0.2) is 0 Å². The molecule has 0 fully saturated rings. The number of hydrogen-bond acceptors (Lipinski definition) is 3. The van der Waals surface area contributed by atoms with Crippen LogP contribution in [-0.4, -0.2) is 16.5 Å². The fraction of sp³-hybridized carbons (Fsp3) is 0.286. The van der Waals surface area contributed by atoms with Crippen molar-refractivity contribution in [3.8, 4) is 0 Å². The van der Waals surface area contributed by atoms with Crippen LogP contribution in [0.5, 0.6) is 0 Å². The van der Waals surface area contributed by atoms with E-state index >= 15 is 0 Å². The van der Waals surface area contributed by atoms with E-state index in [4.69, 9.17) is 0 Å². The van der Waals surface area contributed by atoms with E-state index in [9.17, 15) is 0 Å². The standard InChI is InChI=1S/C14H16BrN3/c1-11-9-16-10-14(18-11)17-7-3-5-12-4-2-6-13(15)8-12/h2,4,6,8-10H,3,5,7H2,1H3,(H,17,18). The van der Waals surface area contributed by atoms with E-state index in [0.29, 0.717) is 0 Å². The van der Waals surface area contributed by atoms with Gasteiger partial charge in [0.2, 0.25) is 0 Å². The number of halogens is 1. The molecule has 94 valence electrons. The fourth-order valence-corrected chi connectivity index (χ4v) is 2.20. The quantitative estimate of drug-likeness (QED) is 0.858. The molecule has 1 heterocycles. The maximum absolute atomic E-state index is 4.35. The molecule has 0 unspecified atom stereocenters. The molecule has 0 aliphatic rings. The van der Waals surface area contributed by atoms with Crippen molar-refractivity contribution in [2.75, 3.05) is 11.9 Å². The van der Waals surface area contributed by atoms with Crippen LogP contribution in [0.15, 0.2) is 41.1 Å². The number of nitrogens with zero attached hydrogens (tertiary/aromatic N) is 2. The van der Waals surface area contributed by atoms with Crippen molar-refractivity contribution in [2.24, 2.45) is 0 Å². The van der Waals surface area contributed by atoms with Crippen molar-refractivity contribution in [2.45, 2.75) is 19.8 Å². The van der Waals surface area contributed by atoms with E-state index in [-0.39, 0.29) is 0 Å². The molecule has 2 rings (SSSR count). The topological polar surface area (TPSA) is 37.8 Å². The molecular formula is C14H16BrN3. The van der Waals surface area contributed by atoms with E-state index < -0.39 is 0 Å². The molecule has 2 aromatic rings. The Morgan fingerprint density at radius 3 is 2.94 bits per heavy atom. The summed E-state index contributed by atoms with van der Waals surface area (Å²) in [5, 5.41) is 3.29. The molecule has 0 atom stereocenters. The van der Waals surface area contributed by atoms with Crippen LogP contribution in [0.25, 0.3) is 0 Å². The zero-order valence-electron chi connectivity index (χ0n) is 10.4. The first kappa shape index (κ1) is 13.0. The lowest BCUT2D eigenvalue weighted by Crippen LogP contribution is -2.05. The predicted molar refractivity (Wildman–Crippen MR) is 77.7 cm³/mol. The summed E-state index contributed by atoms with van der Waals surface area (Å²) in [6, 6.07) is 8.42. The van der Waals surface area contributed by atoms with E-state index in [2.05, 4.69) is 49.4 Å². The molecule has 3 nitrogen and oxygen atoms in total.